The monoisotopic (exact) mass is 331 g/mol. The van der Waals surface area contributed by atoms with Crippen LogP contribution in [0, 0.1) is 11.7 Å². The van der Waals surface area contributed by atoms with Crippen LogP contribution in [0.25, 0.3) is 0 Å². The van der Waals surface area contributed by atoms with Crippen molar-refractivity contribution in [3.63, 3.8) is 0 Å². The summed E-state index contributed by atoms with van der Waals surface area (Å²) in [5, 5.41) is 12.3. The van der Waals surface area contributed by atoms with Crippen molar-refractivity contribution in [2.24, 2.45) is 5.92 Å². The average Bonchev–Trinajstić information content (AvgIpc) is 3.25. The molecule has 0 amide bonds. The second-order valence-electron chi connectivity index (χ2n) is 5.01. The van der Waals surface area contributed by atoms with Gasteiger partial charge in [-0.05, 0) is 20.3 Å². The van der Waals surface area contributed by atoms with E-state index in [1.807, 2.05) is 0 Å². The van der Waals surface area contributed by atoms with Gasteiger partial charge in [0, 0.05) is 24.2 Å². The Morgan fingerprint density at radius 3 is 2.86 bits per heavy atom. The molecule has 2 rings (SSSR count). The molecular weight excluding hydrogens is 313 g/mol. The molecule has 1 aromatic rings. The van der Waals surface area contributed by atoms with Crippen LogP contribution in [-0.2, 0) is 16.1 Å². The first-order chi connectivity index (χ1) is 10.5. The van der Waals surface area contributed by atoms with Crippen LogP contribution >= 0.6 is 11.6 Å². The first kappa shape index (κ1) is 16.8. The minimum absolute atomic E-state index is 0.0412. The molecule has 0 aliphatic heterocycles. The van der Waals surface area contributed by atoms with Gasteiger partial charge in [0.25, 0.3) is 0 Å². The minimum atomic E-state index is -0.717. The molecular formula is C15H19ClFNO4. The molecule has 7 heteroatoms. The minimum Gasteiger partial charge on any atom is -0.506 e. The average molecular weight is 332 g/mol. The molecule has 2 unspecified atom stereocenters. The molecule has 0 spiro atoms. The van der Waals surface area contributed by atoms with E-state index in [1.165, 1.54) is 6.07 Å². The molecule has 1 aliphatic carbocycles. The van der Waals surface area contributed by atoms with Gasteiger partial charge in [-0.25, -0.2) is 4.39 Å². The van der Waals surface area contributed by atoms with Gasteiger partial charge in [0.1, 0.15) is 16.5 Å². The van der Waals surface area contributed by atoms with Crippen molar-refractivity contribution in [1.82, 2.24) is 5.32 Å². The Bertz CT molecular complexity index is 567. The Hall–Kier alpha value is -1.53. The van der Waals surface area contributed by atoms with Gasteiger partial charge < -0.3 is 19.9 Å². The number of nitrogens with one attached hydrogen (secondary N) is 1. The van der Waals surface area contributed by atoms with Crippen molar-refractivity contribution in [3.8, 4) is 11.5 Å². The van der Waals surface area contributed by atoms with Gasteiger partial charge in [-0.15, -0.1) is 0 Å². The fourth-order valence-electron chi connectivity index (χ4n) is 2.24. The van der Waals surface area contributed by atoms with Gasteiger partial charge in [-0.2, -0.15) is 0 Å². The van der Waals surface area contributed by atoms with Crippen LogP contribution in [0.4, 0.5) is 4.39 Å². The normalized spacial score (nSPS) is 19.8. The lowest BCUT2D eigenvalue weighted by atomic mass is 10.1. The topological polar surface area (TPSA) is 67.8 Å². The van der Waals surface area contributed by atoms with Crippen LogP contribution < -0.4 is 10.1 Å². The zero-order chi connectivity index (χ0) is 16.3. The second kappa shape index (κ2) is 7.15. The second-order valence-corrected chi connectivity index (χ2v) is 5.39. The molecule has 0 radical (unpaired) electrons. The lowest BCUT2D eigenvalue weighted by Crippen LogP contribution is -2.22. The molecule has 0 heterocycles. The van der Waals surface area contributed by atoms with Gasteiger partial charge in [0.15, 0.2) is 5.82 Å². The molecule has 1 aromatic carbocycles. The molecule has 0 aromatic heterocycles. The highest BCUT2D eigenvalue weighted by Gasteiger charge is 2.44. The Labute approximate surface area is 133 Å². The van der Waals surface area contributed by atoms with Gasteiger partial charge in [0.2, 0.25) is 0 Å². The number of hydrogen-bond acceptors (Lipinski definition) is 5. The van der Waals surface area contributed by atoms with Crippen molar-refractivity contribution >= 4 is 17.6 Å². The molecule has 5 nitrogen and oxygen atoms in total. The number of aromatic hydroxyl groups is 1. The standard InChI is InChI=1S/C15H19ClFNO4/c1-3-21-12-6-11(19)13(16)14(17)9(12)7-18-10-5-8(10)15(20)22-4-2/h6,8,10,18-19H,3-5,7H2,1-2H3. The number of halogens is 2. The Morgan fingerprint density at radius 1 is 1.50 bits per heavy atom. The van der Waals surface area contributed by atoms with Gasteiger partial charge in [-0.3, -0.25) is 4.79 Å². The highest BCUT2D eigenvalue weighted by molar-refractivity contribution is 6.32. The van der Waals surface area contributed by atoms with Gasteiger partial charge >= 0.3 is 5.97 Å². The lowest BCUT2D eigenvalue weighted by molar-refractivity contribution is -0.144. The van der Waals surface area contributed by atoms with Crippen LogP contribution in [0.15, 0.2) is 6.07 Å². The van der Waals surface area contributed by atoms with Crippen LogP contribution in [0.1, 0.15) is 25.8 Å². The summed E-state index contributed by atoms with van der Waals surface area (Å²) in [4.78, 5) is 11.5. The fraction of sp³-hybridized carbons (Fsp3) is 0.533. The number of carbonyl (C=O) groups excluding carboxylic acids is 1. The highest BCUT2D eigenvalue weighted by Crippen LogP contribution is 2.37. The van der Waals surface area contributed by atoms with Crippen LogP contribution in [0.2, 0.25) is 5.02 Å². The summed E-state index contributed by atoms with van der Waals surface area (Å²) >= 11 is 5.72. The largest absolute Gasteiger partial charge is 0.506 e. The van der Waals surface area contributed by atoms with Crippen molar-refractivity contribution in [2.75, 3.05) is 13.2 Å². The van der Waals surface area contributed by atoms with E-state index in [0.29, 0.717) is 19.6 Å². The third-order valence-corrected chi connectivity index (χ3v) is 3.83. The van der Waals surface area contributed by atoms with Crippen LogP contribution in [0.5, 0.6) is 11.5 Å². The first-order valence-electron chi connectivity index (χ1n) is 7.22. The number of rotatable bonds is 7. The van der Waals surface area contributed by atoms with E-state index < -0.39 is 5.82 Å². The Kier molecular flexibility index (Phi) is 5.47. The van der Waals surface area contributed by atoms with Crippen molar-refractivity contribution in [3.05, 3.63) is 22.5 Å². The molecule has 1 aliphatic rings. The zero-order valence-corrected chi connectivity index (χ0v) is 13.2. The predicted molar refractivity (Wildman–Crippen MR) is 79.6 cm³/mol. The summed E-state index contributed by atoms with van der Waals surface area (Å²) in [6.07, 6.45) is 0.663. The van der Waals surface area contributed by atoms with Crippen molar-refractivity contribution < 1.29 is 23.8 Å². The van der Waals surface area contributed by atoms with Crippen LogP contribution in [-0.4, -0.2) is 30.3 Å². The number of phenols is 1. The summed E-state index contributed by atoms with van der Waals surface area (Å²) < 4.78 is 24.5. The summed E-state index contributed by atoms with van der Waals surface area (Å²) in [7, 11) is 0. The maximum absolute atomic E-state index is 14.2. The van der Waals surface area contributed by atoms with Crippen LogP contribution in [0.3, 0.4) is 0 Å². The third kappa shape index (κ3) is 3.62. The first-order valence-corrected chi connectivity index (χ1v) is 7.60. The number of phenolic OH excluding ortho intramolecular Hbond substituents is 1. The molecule has 0 saturated heterocycles. The number of esters is 1. The number of hydrogen-bond donors (Lipinski definition) is 2. The maximum Gasteiger partial charge on any atom is 0.310 e. The van der Waals surface area contributed by atoms with E-state index in [9.17, 15) is 14.3 Å². The smallest absolute Gasteiger partial charge is 0.310 e. The Balaban J connectivity index is 2.04. The van der Waals surface area contributed by atoms with E-state index in [0.717, 1.165) is 0 Å². The highest BCUT2D eigenvalue weighted by atomic mass is 35.5. The summed E-state index contributed by atoms with van der Waals surface area (Å²) in [5.74, 6) is -1.27. The number of carbonyl (C=O) groups is 1. The number of ether oxygens (including phenoxy) is 2. The van der Waals surface area contributed by atoms with E-state index in [1.54, 1.807) is 13.8 Å². The summed E-state index contributed by atoms with van der Waals surface area (Å²) in [6, 6.07) is 1.25. The van der Waals surface area contributed by atoms with E-state index in [4.69, 9.17) is 21.1 Å². The molecule has 2 atom stereocenters. The van der Waals surface area contributed by atoms with E-state index in [-0.39, 0.29) is 46.6 Å². The van der Waals surface area contributed by atoms with E-state index >= 15 is 0 Å². The SMILES string of the molecule is CCOC(=O)C1CC1NCc1c(OCC)cc(O)c(Cl)c1F. The predicted octanol–water partition coefficient (Wildman–Crippen LogP) is 2.62. The number of benzene rings is 1. The van der Waals surface area contributed by atoms with Crippen molar-refractivity contribution in [2.45, 2.75) is 32.9 Å². The van der Waals surface area contributed by atoms with E-state index in [2.05, 4.69) is 5.32 Å². The fourth-order valence-corrected chi connectivity index (χ4v) is 2.41. The lowest BCUT2D eigenvalue weighted by Gasteiger charge is -2.14. The summed E-state index contributed by atoms with van der Waals surface area (Å²) in [5.41, 5.74) is 0.235. The molecule has 2 N–H and O–H groups in total. The molecule has 122 valence electrons. The molecule has 22 heavy (non-hydrogen) atoms. The van der Waals surface area contributed by atoms with Gasteiger partial charge in [0.05, 0.1) is 19.1 Å². The maximum atomic E-state index is 14.2. The molecule has 1 fully saturated rings. The molecule has 1 saturated carbocycles. The zero-order valence-electron chi connectivity index (χ0n) is 12.5. The van der Waals surface area contributed by atoms with Crippen molar-refractivity contribution in [1.29, 1.82) is 0 Å². The molecule has 0 bridgehead atoms. The Morgan fingerprint density at radius 2 is 2.23 bits per heavy atom. The quantitative estimate of drug-likeness (QED) is 0.752. The summed E-state index contributed by atoms with van der Waals surface area (Å²) in [6.45, 7) is 4.35. The van der Waals surface area contributed by atoms with Gasteiger partial charge in [-0.1, -0.05) is 11.6 Å². The third-order valence-electron chi connectivity index (χ3n) is 3.47.